The van der Waals surface area contributed by atoms with E-state index in [1.807, 2.05) is 0 Å². The van der Waals surface area contributed by atoms with Gasteiger partial charge in [-0.2, -0.15) is 5.10 Å². The molecule has 1 atom stereocenters. The van der Waals surface area contributed by atoms with Gasteiger partial charge in [0.25, 0.3) is 0 Å². The SMILES string of the molecule is CCc1nnc(CN2CCCC[C@@H]2c2nc(C(C)C)n[nH]2)n1C. The lowest BCUT2D eigenvalue weighted by Gasteiger charge is -2.33. The van der Waals surface area contributed by atoms with Crippen molar-refractivity contribution >= 4 is 0 Å². The highest BCUT2D eigenvalue weighted by atomic mass is 15.3. The second-order valence-corrected chi connectivity index (χ2v) is 6.66. The summed E-state index contributed by atoms with van der Waals surface area (Å²) in [6.07, 6.45) is 4.48. The molecule has 1 aliphatic rings. The summed E-state index contributed by atoms with van der Waals surface area (Å²) >= 11 is 0. The molecule has 1 saturated heterocycles. The van der Waals surface area contributed by atoms with Crippen LogP contribution in [-0.2, 0) is 20.0 Å². The number of hydrogen-bond donors (Lipinski definition) is 1. The van der Waals surface area contributed by atoms with Crippen LogP contribution in [0.4, 0.5) is 0 Å². The maximum absolute atomic E-state index is 4.72. The number of nitrogens with one attached hydrogen (secondary N) is 1. The van der Waals surface area contributed by atoms with Gasteiger partial charge in [0.05, 0.1) is 12.6 Å². The molecule has 0 spiro atoms. The normalized spacial score (nSPS) is 19.6. The highest BCUT2D eigenvalue weighted by Gasteiger charge is 2.28. The third-order valence-corrected chi connectivity index (χ3v) is 4.68. The van der Waals surface area contributed by atoms with E-state index in [-0.39, 0.29) is 0 Å². The van der Waals surface area contributed by atoms with E-state index in [2.05, 4.69) is 57.7 Å². The number of aromatic amines is 1. The van der Waals surface area contributed by atoms with Gasteiger partial charge in [-0.1, -0.05) is 27.2 Å². The molecule has 3 rings (SSSR count). The van der Waals surface area contributed by atoms with Crippen molar-refractivity contribution in [2.24, 2.45) is 7.05 Å². The van der Waals surface area contributed by atoms with Crippen molar-refractivity contribution in [1.82, 2.24) is 34.8 Å². The summed E-state index contributed by atoms with van der Waals surface area (Å²) in [5.74, 6) is 4.30. The van der Waals surface area contributed by atoms with Gasteiger partial charge in [-0.05, 0) is 19.4 Å². The molecule has 2 aromatic heterocycles. The van der Waals surface area contributed by atoms with E-state index in [9.17, 15) is 0 Å². The Bertz CT molecular complexity index is 643. The van der Waals surface area contributed by atoms with Crippen LogP contribution in [0.3, 0.4) is 0 Å². The minimum absolute atomic E-state index is 0.297. The van der Waals surface area contributed by atoms with Gasteiger partial charge in [0.2, 0.25) is 0 Å². The Morgan fingerprint density at radius 2 is 2.00 bits per heavy atom. The van der Waals surface area contributed by atoms with Crippen molar-refractivity contribution in [2.45, 2.75) is 65.0 Å². The van der Waals surface area contributed by atoms with Gasteiger partial charge < -0.3 is 4.57 Å². The molecule has 3 heterocycles. The third-order valence-electron chi connectivity index (χ3n) is 4.68. The van der Waals surface area contributed by atoms with Crippen molar-refractivity contribution < 1.29 is 0 Å². The van der Waals surface area contributed by atoms with Crippen molar-refractivity contribution in [3.8, 4) is 0 Å². The molecule has 0 aliphatic carbocycles. The van der Waals surface area contributed by atoms with E-state index in [1.54, 1.807) is 0 Å². The van der Waals surface area contributed by atoms with E-state index in [0.717, 1.165) is 49.2 Å². The van der Waals surface area contributed by atoms with Crippen LogP contribution in [0, 0.1) is 0 Å². The first-order valence-corrected chi connectivity index (χ1v) is 8.63. The average molecular weight is 317 g/mol. The quantitative estimate of drug-likeness (QED) is 0.916. The van der Waals surface area contributed by atoms with Gasteiger partial charge in [0.15, 0.2) is 5.82 Å². The predicted molar refractivity (Wildman–Crippen MR) is 87.9 cm³/mol. The molecule has 0 radical (unpaired) electrons. The fourth-order valence-corrected chi connectivity index (χ4v) is 3.21. The number of aryl methyl sites for hydroxylation is 1. The Labute approximate surface area is 137 Å². The number of piperidine rings is 1. The number of H-pyrrole nitrogens is 1. The summed E-state index contributed by atoms with van der Waals surface area (Å²) in [6, 6.07) is 0.297. The van der Waals surface area contributed by atoms with Crippen LogP contribution in [0.5, 0.6) is 0 Å². The maximum Gasteiger partial charge on any atom is 0.153 e. The zero-order chi connectivity index (χ0) is 16.4. The first-order chi connectivity index (χ1) is 11.1. The van der Waals surface area contributed by atoms with Crippen LogP contribution in [-0.4, -0.2) is 41.4 Å². The van der Waals surface area contributed by atoms with Gasteiger partial charge in [0.1, 0.15) is 17.5 Å². The highest BCUT2D eigenvalue weighted by Crippen LogP contribution is 2.30. The first kappa shape index (κ1) is 16.1. The number of aromatic nitrogens is 6. The topological polar surface area (TPSA) is 75.5 Å². The smallest absolute Gasteiger partial charge is 0.153 e. The molecule has 0 aromatic carbocycles. The molecule has 0 bridgehead atoms. The summed E-state index contributed by atoms with van der Waals surface area (Å²) < 4.78 is 2.12. The van der Waals surface area contributed by atoms with Gasteiger partial charge in [0, 0.05) is 19.4 Å². The lowest BCUT2D eigenvalue weighted by molar-refractivity contribution is 0.129. The summed E-state index contributed by atoms with van der Waals surface area (Å²) in [5, 5.41) is 16.2. The highest BCUT2D eigenvalue weighted by molar-refractivity contribution is 5.03. The molecule has 0 unspecified atom stereocenters. The van der Waals surface area contributed by atoms with E-state index >= 15 is 0 Å². The van der Waals surface area contributed by atoms with Crippen LogP contribution in [0.1, 0.15) is 75.3 Å². The molecule has 7 nitrogen and oxygen atoms in total. The molecule has 23 heavy (non-hydrogen) atoms. The molecule has 1 N–H and O–H groups in total. The molecular formula is C16H27N7. The summed E-state index contributed by atoms with van der Waals surface area (Å²) in [7, 11) is 2.05. The lowest BCUT2D eigenvalue weighted by atomic mass is 10.0. The van der Waals surface area contributed by atoms with Crippen LogP contribution in [0.2, 0.25) is 0 Å². The van der Waals surface area contributed by atoms with Gasteiger partial charge in [-0.15, -0.1) is 10.2 Å². The Kier molecular flexibility index (Phi) is 4.75. The van der Waals surface area contributed by atoms with Crippen molar-refractivity contribution in [3.05, 3.63) is 23.3 Å². The van der Waals surface area contributed by atoms with Crippen molar-refractivity contribution in [1.29, 1.82) is 0 Å². The number of hydrogen-bond acceptors (Lipinski definition) is 5. The summed E-state index contributed by atoms with van der Waals surface area (Å²) in [5.41, 5.74) is 0. The van der Waals surface area contributed by atoms with Gasteiger partial charge in [-0.3, -0.25) is 10.00 Å². The summed E-state index contributed by atoms with van der Waals surface area (Å²) in [4.78, 5) is 7.17. The Hall–Kier alpha value is -1.76. The van der Waals surface area contributed by atoms with Crippen LogP contribution >= 0.6 is 0 Å². The zero-order valence-electron chi connectivity index (χ0n) is 14.6. The molecule has 1 fully saturated rings. The molecule has 1 aliphatic heterocycles. The molecule has 126 valence electrons. The molecule has 0 saturated carbocycles. The predicted octanol–water partition coefficient (Wildman–Crippen LogP) is 2.35. The largest absolute Gasteiger partial charge is 0.317 e. The number of likely N-dealkylation sites (tertiary alicyclic amines) is 1. The van der Waals surface area contributed by atoms with Crippen molar-refractivity contribution in [3.63, 3.8) is 0 Å². The van der Waals surface area contributed by atoms with Gasteiger partial charge in [-0.25, -0.2) is 4.98 Å². The number of rotatable bonds is 5. The van der Waals surface area contributed by atoms with E-state index in [4.69, 9.17) is 4.98 Å². The Morgan fingerprint density at radius 1 is 1.22 bits per heavy atom. The minimum atomic E-state index is 0.297. The van der Waals surface area contributed by atoms with E-state index < -0.39 is 0 Å². The Morgan fingerprint density at radius 3 is 2.65 bits per heavy atom. The lowest BCUT2D eigenvalue weighted by Crippen LogP contribution is -2.34. The molecule has 0 amide bonds. The molecule has 7 heteroatoms. The van der Waals surface area contributed by atoms with Crippen LogP contribution < -0.4 is 0 Å². The second-order valence-electron chi connectivity index (χ2n) is 6.66. The third kappa shape index (κ3) is 3.29. The minimum Gasteiger partial charge on any atom is -0.317 e. The monoisotopic (exact) mass is 317 g/mol. The Balaban J connectivity index is 1.79. The fourth-order valence-electron chi connectivity index (χ4n) is 3.21. The first-order valence-electron chi connectivity index (χ1n) is 8.63. The standard InChI is InChI=1S/C16H27N7/c1-5-13-18-19-14(22(13)4)10-23-9-7-6-8-12(23)16-17-15(11(2)3)20-21-16/h11-12H,5-10H2,1-4H3,(H,17,20,21)/t12-/m1/s1. The van der Waals surface area contributed by atoms with Crippen LogP contribution in [0.25, 0.3) is 0 Å². The average Bonchev–Trinajstić information content (AvgIpc) is 3.16. The maximum atomic E-state index is 4.72. The molecular weight excluding hydrogens is 290 g/mol. The fraction of sp³-hybridized carbons (Fsp3) is 0.750. The zero-order valence-corrected chi connectivity index (χ0v) is 14.6. The van der Waals surface area contributed by atoms with E-state index in [0.29, 0.717) is 12.0 Å². The van der Waals surface area contributed by atoms with E-state index in [1.165, 1.54) is 12.8 Å². The van der Waals surface area contributed by atoms with Gasteiger partial charge >= 0.3 is 0 Å². The summed E-state index contributed by atoms with van der Waals surface area (Å²) in [6.45, 7) is 8.23. The number of nitrogens with zero attached hydrogens (tertiary/aromatic N) is 6. The van der Waals surface area contributed by atoms with Crippen LogP contribution in [0.15, 0.2) is 0 Å². The molecule has 2 aromatic rings. The van der Waals surface area contributed by atoms with Crippen molar-refractivity contribution in [2.75, 3.05) is 6.54 Å². The second kappa shape index (κ2) is 6.78.